The summed E-state index contributed by atoms with van der Waals surface area (Å²) in [5, 5.41) is 11.4. The standard InChI is InChI=1S/C12H10ClNO3/c1-8-6-11(14(15)16)12(17-7-8)9-4-2-3-5-10(9)13/h2-5H,1,6-7H2. The van der Waals surface area contributed by atoms with E-state index in [2.05, 4.69) is 6.58 Å². The Hall–Kier alpha value is -1.81. The monoisotopic (exact) mass is 251 g/mol. The molecule has 0 unspecified atom stereocenters. The molecule has 0 N–H and O–H groups in total. The molecule has 0 saturated carbocycles. The molecule has 17 heavy (non-hydrogen) atoms. The highest BCUT2D eigenvalue weighted by Crippen LogP contribution is 2.33. The lowest BCUT2D eigenvalue weighted by Crippen LogP contribution is -2.14. The molecule has 1 aliphatic heterocycles. The lowest BCUT2D eigenvalue weighted by Gasteiger charge is -2.18. The van der Waals surface area contributed by atoms with Crippen LogP contribution in [0.5, 0.6) is 0 Å². The minimum atomic E-state index is -0.441. The molecule has 5 heteroatoms. The Kier molecular flexibility index (Phi) is 3.15. The third kappa shape index (κ3) is 2.31. The molecule has 0 amide bonds. The zero-order chi connectivity index (χ0) is 12.4. The molecule has 0 spiro atoms. The van der Waals surface area contributed by atoms with Gasteiger partial charge in [0.1, 0.15) is 6.61 Å². The van der Waals surface area contributed by atoms with E-state index in [4.69, 9.17) is 16.3 Å². The highest BCUT2D eigenvalue weighted by atomic mass is 35.5. The fourth-order valence-electron chi connectivity index (χ4n) is 1.65. The Labute approximate surface area is 103 Å². The van der Waals surface area contributed by atoms with E-state index in [-0.39, 0.29) is 24.5 Å². The molecule has 0 fully saturated rings. The van der Waals surface area contributed by atoms with Gasteiger partial charge >= 0.3 is 0 Å². The summed E-state index contributed by atoms with van der Waals surface area (Å²) in [4.78, 5) is 10.5. The molecule has 0 radical (unpaired) electrons. The molecule has 1 aliphatic rings. The van der Waals surface area contributed by atoms with Gasteiger partial charge in [0.25, 0.3) is 5.70 Å². The summed E-state index contributed by atoms with van der Waals surface area (Å²) in [5.74, 6) is 0.244. The molecule has 0 aromatic heterocycles. The molecule has 1 aromatic rings. The van der Waals surface area contributed by atoms with Crippen LogP contribution in [-0.4, -0.2) is 11.5 Å². The fourth-order valence-corrected chi connectivity index (χ4v) is 1.87. The second kappa shape index (κ2) is 4.59. The predicted molar refractivity (Wildman–Crippen MR) is 65.1 cm³/mol. The fraction of sp³-hybridized carbons (Fsp3) is 0.167. The number of nitrogens with zero attached hydrogens (tertiary/aromatic N) is 1. The molecular weight excluding hydrogens is 242 g/mol. The molecule has 0 saturated heterocycles. The van der Waals surface area contributed by atoms with Crippen LogP contribution in [0.3, 0.4) is 0 Å². The van der Waals surface area contributed by atoms with Crippen molar-refractivity contribution in [1.29, 1.82) is 0 Å². The van der Waals surface area contributed by atoms with Crippen molar-refractivity contribution < 1.29 is 9.66 Å². The Balaban J connectivity index is 2.54. The first-order valence-electron chi connectivity index (χ1n) is 5.01. The summed E-state index contributed by atoms with van der Waals surface area (Å²) in [6.45, 7) is 3.99. The third-order valence-electron chi connectivity index (χ3n) is 2.44. The van der Waals surface area contributed by atoms with Gasteiger partial charge in [0.15, 0.2) is 0 Å². The van der Waals surface area contributed by atoms with E-state index in [1.165, 1.54) is 0 Å². The number of hydrogen-bond acceptors (Lipinski definition) is 3. The number of allylic oxidation sites excluding steroid dienone is 1. The van der Waals surface area contributed by atoms with Crippen LogP contribution in [0.25, 0.3) is 5.76 Å². The van der Waals surface area contributed by atoms with E-state index in [0.717, 1.165) is 0 Å². The summed E-state index contributed by atoms with van der Waals surface area (Å²) >= 11 is 6.00. The second-order valence-electron chi connectivity index (χ2n) is 3.73. The topological polar surface area (TPSA) is 52.4 Å². The predicted octanol–water partition coefficient (Wildman–Crippen LogP) is 3.26. The maximum Gasteiger partial charge on any atom is 0.292 e. The molecule has 1 heterocycles. The highest BCUT2D eigenvalue weighted by Gasteiger charge is 2.28. The highest BCUT2D eigenvalue weighted by molar-refractivity contribution is 6.32. The van der Waals surface area contributed by atoms with E-state index >= 15 is 0 Å². The van der Waals surface area contributed by atoms with Gasteiger partial charge in [-0.1, -0.05) is 30.3 Å². The zero-order valence-electron chi connectivity index (χ0n) is 8.98. The maximum absolute atomic E-state index is 11.0. The summed E-state index contributed by atoms with van der Waals surface area (Å²) in [6, 6.07) is 6.90. The molecule has 2 rings (SSSR count). The molecule has 4 nitrogen and oxygen atoms in total. The van der Waals surface area contributed by atoms with Crippen molar-refractivity contribution in [1.82, 2.24) is 0 Å². The smallest absolute Gasteiger partial charge is 0.292 e. The lowest BCUT2D eigenvalue weighted by atomic mass is 10.1. The quantitative estimate of drug-likeness (QED) is 0.461. The Morgan fingerprint density at radius 2 is 2.12 bits per heavy atom. The lowest BCUT2D eigenvalue weighted by molar-refractivity contribution is -0.428. The minimum absolute atomic E-state index is 0.00866. The molecule has 1 aromatic carbocycles. The van der Waals surface area contributed by atoms with Crippen LogP contribution in [-0.2, 0) is 4.74 Å². The van der Waals surface area contributed by atoms with Crippen LogP contribution in [0.4, 0.5) is 0 Å². The van der Waals surface area contributed by atoms with E-state index in [9.17, 15) is 10.1 Å². The average molecular weight is 252 g/mol. The normalized spacial score (nSPS) is 15.7. The van der Waals surface area contributed by atoms with Gasteiger partial charge in [-0.2, -0.15) is 0 Å². The van der Waals surface area contributed by atoms with Gasteiger partial charge in [-0.3, -0.25) is 10.1 Å². The number of hydrogen-bond donors (Lipinski definition) is 0. The van der Waals surface area contributed by atoms with Crippen molar-refractivity contribution in [2.75, 3.05) is 6.61 Å². The van der Waals surface area contributed by atoms with E-state index in [0.29, 0.717) is 16.2 Å². The van der Waals surface area contributed by atoms with Crippen molar-refractivity contribution in [3.8, 4) is 0 Å². The van der Waals surface area contributed by atoms with Gasteiger partial charge in [-0.05, 0) is 17.7 Å². The first-order chi connectivity index (χ1) is 8.09. The number of halogens is 1. The van der Waals surface area contributed by atoms with Gasteiger partial charge in [0.2, 0.25) is 5.76 Å². The molecule has 88 valence electrons. The summed E-state index contributed by atoms with van der Waals surface area (Å²) in [5.41, 5.74) is 1.25. The first-order valence-corrected chi connectivity index (χ1v) is 5.39. The van der Waals surface area contributed by atoms with Gasteiger partial charge in [-0.25, -0.2) is 0 Å². The van der Waals surface area contributed by atoms with E-state index in [1.54, 1.807) is 24.3 Å². The summed E-state index contributed by atoms with van der Waals surface area (Å²) in [6.07, 6.45) is 0.216. The Morgan fingerprint density at radius 3 is 2.76 bits per heavy atom. The summed E-state index contributed by atoms with van der Waals surface area (Å²) < 4.78 is 5.38. The van der Waals surface area contributed by atoms with E-state index < -0.39 is 4.92 Å². The van der Waals surface area contributed by atoms with Crippen molar-refractivity contribution in [3.05, 3.63) is 62.8 Å². The first kappa shape index (κ1) is 11.7. The van der Waals surface area contributed by atoms with Crippen molar-refractivity contribution in [2.45, 2.75) is 6.42 Å². The Bertz CT molecular complexity index is 522. The summed E-state index contributed by atoms with van der Waals surface area (Å²) in [7, 11) is 0. The van der Waals surface area contributed by atoms with Crippen LogP contribution in [0, 0.1) is 10.1 Å². The van der Waals surface area contributed by atoms with Crippen LogP contribution in [0.1, 0.15) is 12.0 Å². The van der Waals surface area contributed by atoms with Crippen molar-refractivity contribution in [3.63, 3.8) is 0 Å². The number of rotatable bonds is 2. The van der Waals surface area contributed by atoms with Crippen LogP contribution >= 0.6 is 11.6 Å². The zero-order valence-corrected chi connectivity index (χ0v) is 9.74. The Morgan fingerprint density at radius 1 is 1.41 bits per heavy atom. The van der Waals surface area contributed by atoms with Gasteiger partial charge in [0, 0.05) is 5.56 Å². The van der Waals surface area contributed by atoms with Gasteiger partial charge < -0.3 is 4.74 Å². The molecular formula is C12H10ClNO3. The number of ether oxygens (including phenoxy) is 1. The minimum Gasteiger partial charge on any atom is -0.482 e. The van der Waals surface area contributed by atoms with Gasteiger partial charge in [0.05, 0.1) is 16.4 Å². The second-order valence-corrected chi connectivity index (χ2v) is 4.14. The van der Waals surface area contributed by atoms with Crippen LogP contribution in [0.15, 0.2) is 42.1 Å². The van der Waals surface area contributed by atoms with E-state index in [1.807, 2.05) is 0 Å². The van der Waals surface area contributed by atoms with Crippen LogP contribution in [0.2, 0.25) is 5.02 Å². The van der Waals surface area contributed by atoms with Crippen molar-refractivity contribution in [2.24, 2.45) is 0 Å². The number of benzene rings is 1. The third-order valence-corrected chi connectivity index (χ3v) is 2.77. The maximum atomic E-state index is 11.0. The average Bonchev–Trinajstić information content (AvgIpc) is 2.30. The molecule has 0 bridgehead atoms. The molecule has 0 atom stereocenters. The number of nitro groups is 1. The van der Waals surface area contributed by atoms with Crippen molar-refractivity contribution >= 4 is 17.4 Å². The molecule has 0 aliphatic carbocycles. The largest absolute Gasteiger partial charge is 0.482 e. The van der Waals surface area contributed by atoms with Crippen LogP contribution < -0.4 is 0 Å². The van der Waals surface area contributed by atoms with Gasteiger partial charge in [-0.15, -0.1) is 0 Å². The SMILES string of the molecule is C=C1COC(c2ccccc2Cl)=C([N+](=O)[O-])C1.